The summed E-state index contributed by atoms with van der Waals surface area (Å²) in [6, 6.07) is 5.30. The van der Waals surface area contributed by atoms with Crippen molar-refractivity contribution in [2.24, 2.45) is 11.7 Å². The van der Waals surface area contributed by atoms with Gasteiger partial charge in [0.2, 0.25) is 0 Å². The van der Waals surface area contributed by atoms with Gasteiger partial charge in [-0.05, 0) is 40.6 Å². The Kier molecular flexibility index (Phi) is 5.68. The van der Waals surface area contributed by atoms with Gasteiger partial charge in [0, 0.05) is 14.2 Å². The van der Waals surface area contributed by atoms with Crippen molar-refractivity contribution in [2.75, 3.05) is 0 Å². The van der Waals surface area contributed by atoms with E-state index in [2.05, 4.69) is 22.6 Å². The van der Waals surface area contributed by atoms with E-state index in [0.29, 0.717) is 10.6 Å². The van der Waals surface area contributed by atoms with Gasteiger partial charge in [-0.25, -0.2) is 4.79 Å². The van der Waals surface area contributed by atoms with Gasteiger partial charge in [-0.1, -0.05) is 31.5 Å². The van der Waals surface area contributed by atoms with Crippen LogP contribution < -0.4 is 5.73 Å². The zero-order valence-electron chi connectivity index (χ0n) is 10.1. The summed E-state index contributed by atoms with van der Waals surface area (Å²) in [7, 11) is 0. The van der Waals surface area contributed by atoms with Crippen LogP contribution in [0.3, 0.4) is 0 Å². The Hall–Kier alpha value is -0.530. The number of primary amides is 1. The molecule has 0 aromatic heterocycles. The average molecular weight is 384 g/mol. The summed E-state index contributed by atoms with van der Waals surface area (Å²) in [4.78, 5) is 11.0. The van der Waals surface area contributed by atoms with E-state index in [4.69, 9.17) is 22.1 Å². The second-order valence-corrected chi connectivity index (χ2v) is 5.80. The number of ether oxygens (including phenoxy) is 1. The number of hydrogen-bond donors (Lipinski definition) is 2. The van der Waals surface area contributed by atoms with Gasteiger partial charge in [-0.15, -0.1) is 0 Å². The molecule has 0 heterocycles. The molecule has 18 heavy (non-hydrogen) atoms. The molecule has 100 valence electrons. The maximum Gasteiger partial charge on any atom is 0.405 e. The number of amides is 1. The molecule has 0 spiro atoms. The molecule has 0 saturated carbocycles. The van der Waals surface area contributed by atoms with Crippen LogP contribution in [0, 0.1) is 9.49 Å². The highest BCUT2D eigenvalue weighted by atomic mass is 127. The van der Waals surface area contributed by atoms with Crippen molar-refractivity contribution in [3.63, 3.8) is 0 Å². The smallest absolute Gasteiger partial charge is 0.405 e. The topological polar surface area (TPSA) is 72.6 Å². The van der Waals surface area contributed by atoms with E-state index in [1.807, 2.05) is 19.9 Å². The summed E-state index contributed by atoms with van der Waals surface area (Å²) in [6.07, 6.45) is -2.66. The standard InChI is InChI=1S/C12H15ClINO3/c1-6(2)10(16)11(18-12(15)17)9-7(13)4-3-5-8(9)14/h3-6,10-11,16H,1-2H3,(H2,15,17)/t10-,11-/m0/s1. The Morgan fingerprint density at radius 3 is 2.56 bits per heavy atom. The fourth-order valence-electron chi connectivity index (χ4n) is 1.56. The minimum Gasteiger partial charge on any atom is -0.439 e. The van der Waals surface area contributed by atoms with Crippen molar-refractivity contribution < 1.29 is 14.6 Å². The molecule has 4 nitrogen and oxygen atoms in total. The van der Waals surface area contributed by atoms with Crippen molar-refractivity contribution in [2.45, 2.75) is 26.1 Å². The second-order valence-electron chi connectivity index (χ2n) is 4.23. The number of carbonyl (C=O) groups is 1. The number of hydrogen-bond acceptors (Lipinski definition) is 3. The predicted octanol–water partition coefficient (Wildman–Crippen LogP) is 3.10. The van der Waals surface area contributed by atoms with Crippen molar-refractivity contribution in [1.29, 1.82) is 0 Å². The van der Waals surface area contributed by atoms with E-state index in [-0.39, 0.29) is 5.92 Å². The molecular weight excluding hydrogens is 368 g/mol. The molecule has 0 aliphatic heterocycles. The average Bonchev–Trinajstić information content (AvgIpc) is 2.25. The second kappa shape index (κ2) is 6.58. The number of rotatable bonds is 4. The lowest BCUT2D eigenvalue weighted by Gasteiger charge is -2.26. The number of halogens is 2. The highest BCUT2D eigenvalue weighted by Gasteiger charge is 2.30. The fourth-order valence-corrected chi connectivity index (χ4v) is 2.80. The summed E-state index contributed by atoms with van der Waals surface area (Å²) < 4.78 is 5.83. The van der Waals surface area contributed by atoms with Crippen LogP contribution in [-0.4, -0.2) is 17.3 Å². The SMILES string of the molecule is CC(C)[C@H](O)[C@@H](OC(N)=O)c1c(Cl)cccc1I. The zero-order chi connectivity index (χ0) is 13.9. The molecule has 2 atom stereocenters. The quantitative estimate of drug-likeness (QED) is 0.785. The van der Waals surface area contributed by atoms with Crippen LogP contribution >= 0.6 is 34.2 Å². The normalized spacial score (nSPS) is 14.3. The summed E-state index contributed by atoms with van der Waals surface area (Å²) in [5.41, 5.74) is 5.63. The molecule has 0 aliphatic rings. The van der Waals surface area contributed by atoms with Crippen LogP contribution in [0.25, 0.3) is 0 Å². The summed E-state index contributed by atoms with van der Waals surface area (Å²) >= 11 is 8.19. The Morgan fingerprint density at radius 1 is 1.50 bits per heavy atom. The lowest BCUT2D eigenvalue weighted by atomic mass is 9.96. The zero-order valence-corrected chi connectivity index (χ0v) is 13.0. The van der Waals surface area contributed by atoms with E-state index >= 15 is 0 Å². The molecule has 6 heteroatoms. The number of carbonyl (C=O) groups excluding carboxylic acids is 1. The molecule has 1 amide bonds. The van der Waals surface area contributed by atoms with E-state index < -0.39 is 18.3 Å². The molecule has 0 fully saturated rings. The Balaban J connectivity index is 3.21. The largest absolute Gasteiger partial charge is 0.439 e. The third-order valence-corrected chi connectivity index (χ3v) is 3.79. The van der Waals surface area contributed by atoms with Gasteiger partial charge < -0.3 is 15.6 Å². The van der Waals surface area contributed by atoms with Crippen molar-refractivity contribution >= 4 is 40.3 Å². The van der Waals surface area contributed by atoms with Gasteiger partial charge in [0.05, 0.1) is 6.10 Å². The number of aliphatic hydroxyl groups excluding tert-OH is 1. The molecular formula is C12H15ClINO3. The van der Waals surface area contributed by atoms with Gasteiger partial charge in [0.1, 0.15) is 0 Å². The molecule has 1 aromatic rings. The first-order valence-corrected chi connectivity index (χ1v) is 6.88. The monoisotopic (exact) mass is 383 g/mol. The summed E-state index contributed by atoms with van der Waals surface area (Å²) in [5.74, 6) is -0.0959. The van der Waals surface area contributed by atoms with Crippen LogP contribution in [0.1, 0.15) is 25.5 Å². The van der Waals surface area contributed by atoms with Crippen LogP contribution in [0.15, 0.2) is 18.2 Å². The molecule has 3 N–H and O–H groups in total. The molecule has 0 radical (unpaired) electrons. The Bertz CT molecular complexity index is 419. The van der Waals surface area contributed by atoms with Gasteiger partial charge >= 0.3 is 6.09 Å². The maximum atomic E-state index is 11.0. The van der Waals surface area contributed by atoms with E-state index in [0.717, 1.165) is 3.57 Å². The number of aliphatic hydroxyl groups is 1. The number of nitrogens with two attached hydrogens (primary N) is 1. The first-order valence-electron chi connectivity index (χ1n) is 5.42. The first-order chi connectivity index (χ1) is 8.34. The van der Waals surface area contributed by atoms with Crippen molar-refractivity contribution in [1.82, 2.24) is 0 Å². The Morgan fingerprint density at radius 2 is 2.11 bits per heavy atom. The van der Waals surface area contributed by atoms with Crippen LogP contribution in [-0.2, 0) is 4.74 Å². The van der Waals surface area contributed by atoms with Gasteiger partial charge in [0.15, 0.2) is 6.10 Å². The third kappa shape index (κ3) is 3.73. The summed E-state index contributed by atoms with van der Waals surface area (Å²) in [5, 5.41) is 10.6. The Labute approximate surface area is 125 Å². The minimum atomic E-state index is -0.935. The highest BCUT2D eigenvalue weighted by molar-refractivity contribution is 14.1. The van der Waals surface area contributed by atoms with Crippen LogP contribution in [0.4, 0.5) is 4.79 Å². The molecule has 0 saturated heterocycles. The minimum absolute atomic E-state index is 0.0959. The summed E-state index contributed by atoms with van der Waals surface area (Å²) in [6.45, 7) is 3.65. The van der Waals surface area contributed by atoms with Crippen molar-refractivity contribution in [3.05, 3.63) is 32.4 Å². The maximum absolute atomic E-state index is 11.0. The fraction of sp³-hybridized carbons (Fsp3) is 0.417. The highest BCUT2D eigenvalue weighted by Crippen LogP contribution is 2.34. The predicted molar refractivity (Wildman–Crippen MR) is 78.4 cm³/mol. The van der Waals surface area contributed by atoms with E-state index in [1.165, 1.54) is 0 Å². The number of benzene rings is 1. The molecule has 0 unspecified atom stereocenters. The van der Waals surface area contributed by atoms with Gasteiger partial charge in [-0.2, -0.15) is 0 Å². The molecule has 0 bridgehead atoms. The van der Waals surface area contributed by atoms with Crippen molar-refractivity contribution in [3.8, 4) is 0 Å². The van der Waals surface area contributed by atoms with E-state index in [1.54, 1.807) is 12.1 Å². The molecule has 1 aromatic carbocycles. The van der Waals surface area contributed by atoms with Gasteiger partial charge in [0.25, 0.3) is 0 Å². The first kappa shape index (κ1) is 15.5. The van der Waals surface area contributed by atoms with Crippen LogP contribution in [0.2, 0.25) is 5.02 Å². The lowest BCUT2D eigenvalue weighted by molar-refractivity contribution is -0.0188. The van der Waals surface area contributed by atoms with Crippen LogP contribution in [0.5, 0.6) is 0 Å². The van der Waals surface area contributed by atoms with E-state index in [9.17, 15) is 9.90 Å². The van der Waals surface area contributed by atoms with Gasteiger partial charge in [-0.3, -0.25) is 0 Å². The lowest BCUT2D eigenvalue weighted by Crippen LogP contribution is -2.31. The molecule has 1 rings (SSSR count). The third-order valence-electron chi connectivity index (χ3n) is 2.52. The molecule has 0 aliphatic carbocycles.